The Hall–Kier alpha value is -3.09. The van der Waals surface area contributed by atoms with Gasteiger partial charge in [-0.25, -0.2) is 4.39 Å². The maximum atomic E-state index is 12.9. The van der Waals surface area contributed by atoms with Crippen LogP contribution in [0.1, 0.15) is 10.4 Å². The Morgan fingerprint density at radius 1 is 0.963 bits per heavy atom. The van der Waals surface area contributed by atoms with Crippen LogP contribution in [0, 0.1) is 5.82 Å². The fourth-order valence-corrected chi connectivity index (χ4v) is 2.15. The van der Waals surface area contributed by atoms with Crippen LogP contribution in [-0.4, -0.2) is 62.5 Å². The molecule has 6 nitrogen and oxygen atoms in total. The van der Waals surface area contributed by atoms with Crippen molar-refractivity contribution in [3.63, 3.8) is 0 Å². The van der Waals surface area contributed by atoms with E-state index in [1.54, 1.807) is 45.4 Å². The second-order valence-corrected chi connectivity index (χ2v) is 6.13. The zero-order chi connectivity index (χ0) is 19.8. The van der Waals surface area contributed by atoms with Gasteiger partial charge in [-0.15, -0.1) is 0 Å². The topological polar surface area (TPSA) is 59.1 Å². The van der Waals surface area contributed by atoms with E-state index in [2.05, 4.69) is 0 Å². The molecule has 0 saturated heterocycles. The van der Waals surface area contributed by atoms with E-state index in [-0.39, 0.29) is 30.8 Å². The predicted molar refractivity (Wildman–Crippen MR) is 99.5 cm³/mol. The van der Waals surface area contributed by atoms with Gasteiger partial charge in [-0.05, 0) is 42.5 Å². The lowest BCUT2D eigenvalue weighted by molar-refractivity contribution is -0.130. The third kappa shape index (κ3) is 6.29. The summed E-state index contributed by atoms with van der Waals surface area (Å²) in [5.74, 6) is 0.304. The molecule has 0 heterocycles. The smallest absolute Gasteiger partial charge is 0.259 e. The van der Waals surface area contributed by atoms with Crippen LogP contribution in [0.2, 0.25) is 0 Å². The van der Waals surface area contributed by atoms with Gasteiger partial charge in [0.15, 0.2) is 6.61 Å². The van der Waals surface area contributed by atoms with E-state index in [4.69, 9.17) is 9.47 Å². The summed E-state index contributed by atoms with van der Waals surface area (Å²) in [6.07, 6.45) is 0. The van der Waals surface area contributed by atoms with Gasteiger partial charge in [-0.1, -0.05) is 6.07 Å². The SMILES string of the molecule is CN(C)C(=O)COc1cccc(C(=O)N(C)CCOc2ccc(F)cc2)c1. The van der Waals surface area contributed by atoms with E-state index in [9.17, 15) is 14.0 Å². The minimum atomic E-state index is -0.330. The van der Waals surface area contributed by atoms with E-state index >= 15 is 0 Å². The lowest BCUT2D eigenvalue weighted by Crippen LogP contribution is -2.31. The van der Waals surface area contributed by atoms with Gasteiger partial charge >= 0.3 is 0 Å². The highest BCUT2D eigenvalue weighted by molar-refractivity contribution is 5.94. The molecule has 0 atom stereocenters. The monoisotopic (exact) mass is 374 g/mol. The molecule has 0 aliphatic heterocycles. The van der Waals surface area contributed by atoms with Gasteiger partial charge in [-0.2, -0.15) is 0 Å². The first kappa shape index (κ1) is 20.2. The third-order valence-electron chi connectivity index (χ3n) is 3.80. The molecule has 0 aromatic heterocycles. The van der Waals surface area contributed by atoms with E-state index in [0.717, 1.165) is 0 Å². The van der Waals surface area contributed by atoms with Crippen molar-refractivity contribution in [1.82, 2.24) is 9.80 Å². The van der Waals surface area contributed by atoms with Crippen LogP contribution in [0.5, 0.6) is 11.5 Å². The number of carbonyl (C=O) groups excluding carboxylic acids is 2. The molecule has 27 heavy (non-hydrogen) atoms. The fraction of sp³-hybridized carbons (Fsp3) is 0.300. The molecule has 144 valence electrons. The molecule has 2 rings (SSSR count). The lowest BCUT2D eigenvalue weighted by Gasteiger charge is -2.18. The van der Waals surface area contributed by atoms with Crippen molar-refractivity contribution in [2.45, 2.75) is 0 Å². The first-order chi connectivity index (χ1) is 12.9. The van der Waals surface area contributed by atoms with Crippen molar-refractivity contribution in [2.24, 2.45) is 0 Å². The van der Waals surface area contributed by atoms with Crippen LogP contribution in [0.3, 0.4) is 0 Å². The molecule has 2 aromatic carbocycles. The first-order valence-electron chi connectivity index (χ1n) is 8.43. The zero-order valence-electron chi connectivity index (χ0n) is 15.6. The summed E-state index contributed by atoms with van der Waals surface area (Å²) in [5.41, 5.74) is 0.453. The Morgan fingerprint density at radius 2 is 1.67 bits per heavy atom. The van der Waals surface area contributed by atoms with Crippen molar-refractivity contribution >= 4 is 11.8 Å². The van der Waals surface area contributed by atoms with Gasteiger partial charge < -0.3 is 19.3 Å². The second kappa shape index (κ2) is 9.56. The number of ether oxygens (including phenoxy) is 2. The molecule has 7 heteroatoms. The average Bonchev–Trinajstić information content (AvgIpc) is 2.67. The minimum absolute atomic E-state index is 0.0913. The largest absolute Gasteiger partial charge is 0.492 e. The van der Waals surface area contributed by atoms with E-state index in [1.807, 2.05) is 0 Å². The summed E-state index contributed by atoms with van der Waals surface area (Å²) in [5, 5.41) is 0. The summed E-state index contributed by atoms with van der Waals surface area (Å²) in [6.45, 7) is 0.549. The van der Waals surface area contributed by atoms with Gasteiger partial charge in [0.2, 0.25) is 0 Å². The van der Waals surface area contributed by atoms with Crippen molar-refractivity contribution in [2.75, 3.05) is 40.9 Å². The molecule has 0 saturated carbocycles. The van der Waals surface area contributed by atoms with E-state index in [1.165, 1.54) is 34.1 Å². The number of rotatable bonds is 8. The molecular weight excluding hydrogens is 351 g/mol. The quantitative estimate of drug-likeness (QED) is 0.712. The zero-order valence-corrected chi connectivity index (χ0v) is 15.6. The molecule has 0 N–H and O–H groups in total. The van der Waals surface area contributed by atoms with Crippen molar-refractivity contribution in [1.29, 1.82) is 0 Å². The average molecular weight is 374 g/mol. The van der Waals surface area contributed by atoms with Gasteiger partial charge in [0.25, 0.3) is 11.8 Å². The fourth-order valence-electron chi connectivity index (χ4n) is 2.15. The number of hydrogen-bond donors (Lipinski definition) is 0. The molecule has 2 amide bonds. The second-order valence-electron chi connectivity index (χ2n) is 6.13. The van der Waals surface area contributed by atoms with Crippen LogP contribution in [0.25, 0.3) is 0 Å². The minimum Gasteiger partial charge on any atom is -0.492 e. The number of benzene rings is 2. The predicted octanol–water partition coefficient (Wildman–Crippen LogP) is 2.44. The number of amides is 2. The van der Waals surface area contributed by atoms with Crippen LogP contribution in [0.4, 0.5) is 4.39 Å². The van der Waals surface area contributed by atoms with Crippen molar-refractivity contribution in [3.8, 4) is 11.5 Å². The van der Waals surface area contributed by atoms with E-state index in [0.29, 0.717) is 23.6 Å². The van der Waals surface area contributed by atoms with Crippen LogP contribution < -0.4 is 9.47 Å². The number of halogens is 1. The van der Waals surface area contributed by atoms with Gasteiger partial charge in [0.05, 0.1) is 6.54 Å². The molecule has 0 spiro atoms. The Balaban J connectivity index is 1.87. The van der Waals surface area contributed by atoms with Crippen LogP contribution in [-0.2, 0) is 4.79 Å². The third-order valence-corrected chi connectivity index (χ3v) is 3.80. The number of hydrogen-bond acceptors (Lipinski definition) is 4. The highest BCUT2D eigenvalue weighted by Gasteiger charge is 2.13. The molecule has 0 bridgehead atoms. The normalized spacial score (nSPS) is 10.2. The molecule has 0 radical (unpaired) electrons. The molecule has 0 aliphatic rings. The van der Waals surface area contributed by atoms with Gasteiger partial charge in [-0.3, -0.25) is 9.59 Å². The summed E-state index contributed by atoms with van der Waals surface area (Å²) in [6, 6.07) is 12.4. The standard InChI is InChI=1S/C20H23FN2O4/c1-22(2)19(24)14-27-18-6-4-5-15(13-18)20(25)23(3)11-12-26-17-9-7-16(21)8-10-17/h4-10,13H,11-12,14H2,1-3H3. The maximum Gasteiger partial charge on any atom is 0.259 e. The Kier molecular flexibility index (Phi) is 7.16. The van der Waals surface area contributed by atoms with Crippen LogP contribution >= 0.6 is 0 Å². The Labute approximate surface area is 158 Å². The molecule has 0 unspecified atom stereocenters. The lowest BCUT2D eigenvalue weighted by atomic mass is 10.2. The van der Waals surface area contributed by atoms with Crippen molar-refractivity contribution in [3.05, 3.63) is 59.9 Å². The molecule has 0 fully saturated rings. The molecule has 2 aromatic rings. The van der Waals surface area contributed by atoms with Gasteiger partial charge in [0, 0.05) is 26.7 Å². The van der Waals surface area contributed by atoms with Crippen molar-refractivity contribution < 1.29 is 23.5 Å². The Bertz CT molecular complexity index is 778. The highest BCUT2D eigenvalue weighted by atomic mass is 19.1. The number of nitrogens with zero attached hydrogens (tertiary/aromatic N) is 2. The summed E-state index contributed by atoms with van der Waals surface area (Å²) in [7, 11) is 4.96. The molecular formula is C20H23FN2O4. The maximum absolute atomic E-state index is 12.9. The summed E-state index contributed by atoms with van der Waals surface area (Å²) >= 11 is 0. The summed E-state index contributed by atoms with van der Waals surface area (Å²) in [4.78, 5) is 27.1. The molecule has 0 aliphatic carbocycles. The van der Waals surface area contributed by atoms with E-state index < -0.39 is 0 Å². The number of likely N-dealkylation sites (N-methyl/N-ethyl adjacent to an activating group) is 2. The van der Waals surface area contributed by atoms with Crippen LogP contribution in [0.15, 0.2) is 48.5 Å². The van der Waals surface area contributed by atoms with Gasteiger partial charge in [0.1, 0.15) is 23.9 Å². The Morgan fingerprint density at radius 3 is 2.33 bits per heavy atom. The summed E-state index contributed by atoms with van der Waals surface area (Å²) < 4.78 is 23.8. The first-order valence-corrected chi connectivity index (χ1v) is 8.43. The number of carbonyl (C=O) groups is 2. The highest BCUT2D eigenvalue weighted by Crippen LogP contribution is 2.15.